The fourth-order valence-corrected chi connectivity index (χ4v) is 4.74. The van der Waals surface area contributed by atoms with Gasteiger partial charge in [0.25, 0.3) is 11.6 Å². The highest BCUT2D eigenvalue weighted by Crippen LogP contribution is 2.40. The molecular formula is C21H18N2O6S. The molecule has 154 valence electrons. The zero-order chi connectivity index (χ0) is 21.3. The molecule has 0 fully saturated rings. The van der Waals surface area contributed by atoms with Crippen molar-refractivity contribution in [3.8, 4) is 11.3 Å². The standard InChI is InChI=1S/C21H18N2O6S/c1-2-28-21(25)18-14-7-4-8-17(14)30-20(18)22-19(24)16-10-9-15(29-16)12-5-3-6-13(11-12)23(26)27/h3,5-6,9-11H,2,4,7-8H2,1H3,(H,22,24). The number of nitro benzene ring substituents is 1. The molecule has 0 atom stereocenters. The van der Waals surface area contributed by atoms with Gasteiger partial charge in [0.05, 0.1) is 17.1 Å². The smallest absolute Gasteiger partial charge is 0.341 e. The second-order valence-electron chi connectivity index (χ2n) is 6.71. The number of carbonyl (C=O) groups excluding carboxylic acids is 2. The summed E-state index contributed by atoms with van der Waals surface area (Å²) >= 11 is 1.38. The monoisotopic (exact) mass is 426 g/mol. The van der Waals surface area contributed by atoms with Crippen LogP contribution in [0.1, 0.15) is 44.7 Å². The Hall–Kier alpha value is -3.46. The lowest BCUT2D eigenvalue weighted by Crippen LogP contribution is -2.14. The number of carbonyl (C=O) groups is 2. The maximum atomic E-state index is 12.7. The third kappa shape index (κ3) is 3.71. The normalized spacial score (nSPS) is 12.4. The van der Waals surface area contributed by atoms with Gasteiger partial charge in [0, 0.05) is 22.6 Å². The van der Waals surface area contributed by atoms with E-state index in [1.54, 1.807) is 25.1 Å². The largest absolute Gasteiger partial charge is 0.462 e. The van der Waals surface area contributed by atoms with E-state index in [4.69, 9.17) is 9.15 Å². The Morgan fingerprint density at radius 1 is 1.27 bits per heavy atom. The number of hydrogen-bond donors (Lipinski definition) is 1. The first-order valence-corrected chi connectivity index (χ1v) is 10.3. The van der Waals surface area contributed by atoms with Gasteiger partial charge in [0.1, 0.15) is 10.8 Å². The van der Waals surface area contributed by atoms with Gasteiger partial charge in [0.2, 0.25) is 0 Å². The molecule has 9 heteroatoms. The van der Waals surface area contributed by atoms with E-state index < -0.39 is 16.8 Å². The number of ether oxygens (including phenoxy) is 1. The minimum Gasteiger partial charge on any atom is -0.462 e. The Bertz CT molecular complexity index is 1150. The highest BCUT2D eigenvalue weighted by Gasteiger charge is 2.29. The van der Waals surface area contributed by atoms with Gasteiger partial charge in [-0.1, -0.05) is 12.1 Å². The van der Waals surface area contributed by atoms with E-state index in [1.807, 2.05) is 0 Å². The Balaban J connectivity index is 1.58. The molecule has 1 aromatic carbocycles. The van der Waals surface area contributed by atoms with Crippen LogP contribution in [0.5, 0.6) is 0 Å². The highest BCUT2D eigenvalue weighted by atomic mass is 32.1. The number of esters is 1. The van der Waals surface area contributed by atoms with Gasteiger partial charge in [-0.15, -0.1) is 11.3 Å². The van der Waals surface area contributed by atoms with Crippen molar-refractivity contribution in [2.45, 2.75) is 26.2 Å². The van der Waals surface area contributed by atoms with Gasteiger partial charge in [-0.25, -0.2) is 4.79 Å². The molecule has 0 saturated heterocycles. The molecule has 0 unspecified atom stereocenters. The fraction of sp³-hybridized carbons (Fsp3) is 0.238. The number of nitrogens with one attached hydrogen (secondary N) is 1. The van der Waals surface area contributed by atoms with Crippen molar-refractivity contribution in [2.75, 3.05) is 11.9 Å². The van der Waals surface area contributed by atoms with Crippen molar-refractivity contribution in [2.24, 2.45) is 0 Å². The lowest BCUT2D eigenvalue weighted by molar-refractivity contribution is -0.384. The molecule has 0 saturated carbocycles. The second kappa shape index (κ2) is 8.11. The highest BCUT2D eigenvalue weighted by molar-refractivity contribution is 7.17. The zero-order valence-corrected chi connectivity index (χ0v) is 16.9. The first-order valence-electron chi connectivity index (χ1n) is 9.45. The second-order valence-corrected chi connectivity index (χ2v) is 7.81. The number of nitrogens with zero attached hydrogens (tertiary/aromatic N) is 1. The van der Waals surface area contributed by atoms with Crippen LogP contribution < -0.4 is 5.32 Å². The summed E-state index contributed by atoms with van der Waals surface area (Å²) in [6.07, 6.45) is 2.64. The molecule has 30 heavy (non-hydrogen) atoms. The number of amides is 1. The van der Waals surface area contributed by atoms with Crippen LogP contribution in [-0.4, -0.2) is 23.4 Å². The molecule has 3 aromatic rings. The quantitative estimate of drug-likeness (QED) is 0.343. The Kier molecular flexibility index (Phi) is 5.37. The first kappa shape index (κ1) is 19.8. The minimum atomic E-state index is -0.503. The van der Waals surface area contributed by atoms with Gasteiger partial charge in [-0.3, -0.25) is 14.9 Å². The van der Waals surface area contributed by atoms with E-state index in [-0.39, 0.29) is 18.1 Å². The number of rotatable bonds is 6. The third-order valence-electron chi connectivity index (χ3n) is 4.80. The van der Waals surface area contributed by atoms with Crippen LogP contribution >= 0.6 is 11.3 Å². The first-order chi connectivity index (χ1) is 14.5. The van der Waals surface area contributed by atoms with Crippen molar-refractivity contribution >= 4 is 33.9 Å². The predicted octanol–water partition coefficient (Wildman–Crippen LogP) is 4.83. The van der Waals surface area contributed by atoms with Crippen molar-refractivity contribution in [1.82, 2.24) is 0 Å². The maximum absolute atomic E-state index is 12.7. The average Bonchev–Trinajstić information content (AvgIpc) is 3.44. The topological polar surface area (TPSA) is 112 Å². The number of nitro groups is 1. The van der Waals surface area contributed by atoms with E-state index >= 15 is 0 Å². The molecule has 8 nitrogen and oxygen atoms in total. The fourth-order valence-electron chi connectivity index (χ4n) is 3.46. The maximum Gasteiger partial charge on any atom is 0.341 e. The van der Waals surface area contributed by atoms with Crippen LogP contribution in [0.3, 0.4) is 0 Å². The van der Waals surface area contributed by atoms with Crippen LogP contribution in [0.2, 0.25) is 0 Å². The molecule has 2 aromatic heterocycles. The number of non-ortho nitro benzene ring substituents is 1. The Labute approximate surface area is 175 Å². The summed E-state index contributed by atoms with van der Waals surface area (Å²) in [6.45, 7) is 1.99. The van der Waals surface area contributed by atoms with Gasteiger partial charge >= 0.3 is 5.97 Å². The van der Waals surface area contributed by atoms with E-state index in [2.05, 4.69) is 5.32 Å². The summed E-state index contributed by atoms with van der Waals surface area (Å²) in [7, 11) is 0. The number of thiophene rings is 1. The van der Waals surface area contributed by atoms with Crippen LogP contribution in [0, 0.1) is 10.1 Å². The van der Waals surface area contributed by atoms with Crippen molar-refractivity contribution < 1.29 is 23.7 Å². The number of aryl methyl sites for hydroxylation is 1. The van der Waals surface area contributed by atoms with Crippen LogP contribution in [0.4, 0.5) is 10.7 Å². The van der Waals surface area contributed by atoms with E-state index in [0.29, 0.717) is 21.9 Å². The molecule has 1 N–H and O–H groups in total. The van der Waals surface area contributed by atoms with Crippen molar-refractivity contribution in [1.29, 1.82) is 0 Å². The summed E-state index contributed by atoms with van der Waals surface area (Å²) in [4.78, 5) is 36.7. The number of furan rings is 1. The summed E-state index contributed by atoms with van der Waals surface area (Å²) in [6, 6.07) is 9.05. The lowest BCUT2D eigenvalue weighted by Gasteiger charge is -2.07. The number of fused-ring (bicyclic) bond motifs is 1. The van der Waals surface area contributed by atoms with E-state index in [1.165, 1.54) is 29.5 Å². The van der Waals surface area contributed by atoms with Gasteiger partial charge < -0.3 is 14.5 Å². The molecule has 4 rings (SSSR count). The van der Waals surface area contributed by atoms with Crippen molar-refractivity contribution in [3.05, 3.63) is 68.3 Å². The number of hydrogen-bond acceptors (Lipinski definition) is 7. The molecule has 0 aliphatic heterocycles. The van der Waals surface area contributed by atoms with E-state index in [0.717, 1.165) is 29.7 Å². The Morgan fingerprint density at radius 3 is 2.87 bits per heavy atom. The molecule has 1 amide bonds. The van der Waals surface area contributed by atoms with E-state index in [9.17, 15) is 19.7 Å². The summed E-state index contributed by atoms with van der Waals surface area (Å²) in [5.41, 5.74) is 1.80. The minimum absolute atomic E-state index is 0.0416. The molecule has 0 spiro atoms. The molecule has 0 radical (unpaired) electrons. The van der Waals surface area contributed by atoms with Gasteiger partial charge in [-0.05, 0) is 43.9 Å². The van der Waals surface area contributed by atoms with Crippen molar-refractivity contribution in [3.63, 3.8) is 0 Å². The van der Waals surface area contributed by atoms with Gasteiger partial charge in [-0.2, -0.15) is 0 Å². The number of anilines is 1. The molecule has 0 bridgehead atoms. The van der Waals surface area contributed by atoms with Crippen LogP contribution in [0.25, 0.3) is 11.3 Å². The lowest BCUT2D eigenvalue weighted by atomic mass is 10.1. The molecular weight excluding hydrogens is 408 g/mol. The van der Waals surface area contributed by atoms with Crippen LogP contribution in [0.15, 0.2) is 40.8 Å². The van der Waals surface area contributed by atoms with Gasteiger partial charge in [0.15, 0.2) is 5.76 Å². The number of benzene rings is 1. The molecule has 2 heterocycles. The van der Waals surface area contributed by atoms with Crippen LogP contribution in [-0.2, 0) is 17.6 Å². The zero-order valence-electron chi connectivity index (χ0n) is 16.1. The summed E-state index contributed by atoms with van der Waals surface area (Å²) in [5.74, 6) is -0.566. The summed E-state index contributed by atoms with van der Waals surface area (Å²) in [5, 5.41) is 14.2. The molecule has 1 aliphatic carbocycles. The third-order valence-corrected chi connectivity index (χ3v) is 6.01. The SMILES string of the molecule is CCOC(=O)c1c(NC(=O)c2ccc(-c3cccc([N+](=O)[O-])c3)o2)sc2c1CCC2. The molecule has 1 aliphatic rings. The average molecular weight is 426 g/mol. The Morgan fingerprint density at radius 2 is 2.10 bits per heavy atom. The predicted molar refractivity (Wildman–Crippen MR) is 111 cm³/mol. The summed E-state index contributed by atoms with van der Waals surface area (Å²) < 4.78 is 10.8.